The van der Waals surface area contributed by atoms with E-state index < -0.39 is 50.3 Å². The van der Waals surface area contributed by atoms with Gasteiger partial charge in [-0.3, -0.25) is 0 Å². The van der Waals surface area contributed by atoms with Gasteiger partial charge in [-0.15, -0.1) is 0 Å². The van der Waals surface area contributed by atoms with Crippen LogP contribution in [-0.4, -0.2) is 40.8 Å². The minimum absolute atomic E-state index is 0. The molecule has 1 heterocycles. The summed E-state index contributed by atoms with van der Waals surface area (Å²) >= 11 is 0. The van der Waals surface area contributed by atoms with E-state index in [1.54, 1.807) is 6.07 Å². The summed E-state index contributed by atoms with van der Waals surface area (Å²) in [6.07, 6.45) is 0. The topological polar surface area (TPSA) is 158 Å². The minimum atomic E-state index is -4.34. The SMILES string of the molecule is Cc1cc(C2(c3cc(C)c(O)c(C(=O)O)c3)OS(=O)(=O)c3ccccc32)cc(C(=O)O)c1O.[Na+].[Na+].[Na+]. The Bertz CT molecular complexity index is 1400. The molecular formula is C23H18Na3O9S+3. The van der Waals surface area contributed by atoms with Crippen molar-refractivity contribution in [3.05, 3.63) is 87.5 Å². The average Bonchev–Trinajstić information content (AvgIpc) is 3.00. The predicted octanol–water partition coefficient (Wildman–Crippen LogP) is -5.87. The quantitative estimate of drug-likeness (QED) is 0.187. The number of rotatable bonds is 4. The first-order valence-electron chi connectivity index (χ1n) is 9.60. The monoisotopic (exact) mass is 539 g/mol. The van der Waals surface area contributed by atoms with Crippen LogP contribution >= 0.6 is 0 Å². The van der Waals surface area contributed by atoms with Crippen LogP contribution in [0.25, 0.3) is 0 Å². The molecule has 0 bridgehead atoms. The van der Waals surface area contributed by atoms with Crippen LogP contribution in [0, 0.1) is 13.8 Å². The van der Waals surface area contributed by atoms with Gasteiger partial charge >= 0.3 is 101 Å². The summed E-state index contributed by atoms with van der Waals surface area (Å²) in [7, 11) is -4.34. The van der Waals surface area contributed by atoms with Crippen molar-refractivity contribution < 1.29 is 131 Å². The Balaban J connectivity index is 0.00000216. The number of hydrogen-bond acceptors (Lipinski definition) is 7. The number of phenols is 2. The standard InChI is InChI=1S/C23H18O9S.3Na/c1-11-7-13(9-15(19(11)24)21(26)27)23(14-8-12(2)20(25)16(10-14)22(28)29)17-5-3-4-6-18(17)33(30,31)32-23;;;/h3-10,24-25H,1-2H3,(H,26,27)(H,28,29);;;/q;3*+1. The van der Waals surface area contributed by atoms with Crippen molar-refractivity contribution in [2.24, 2.45) is 0 Å². The summed E-state index contributed by atoms with van der Waals surface area (Å²) in [5.41, 5.74) is -2.43. The number of carboxylic acids is 2. The van der Waals surface area contributed by atoms with Gasteiger partial charge in [0.05, 0.1) is 0 Å². The van der Waals surface area contributed by atoms with E-state index >= 15 is 0 Å². The van der Waals surface area contributed by atoms with Crippen molar-refractivity contribution in [2.75, 3.05) is 0 Å². The molecule has 1 aliphatic rings. The third-order valence-corrected chi connectivity index (χ3v) is 7.01. The van der Waals surface area contributed by atoms with E-state index in [1.165, 1.54) is 44.2 Å². The van der Waals surface area contributed by atoms with Crippen LogP contribution < -0.4 is 88.7 Å². The zero-order chi connectivity index (χ0) is 24.3. The molecule has 0 atom stereocenters. The molecule has 13 heteroatoms. The molecule has 0 aliphatic carbocycles. The zero-order valence-corrected chi connectivity index (χ0v) is 27.2. The van der Waals surface area contributed by atoms with Crippen molar-refractivity contribution in [2.45, 2.75) is 24.3 Å². The van der Waals surface area contributed by atoms with Crippen LogP contribution in [0.2, 0.25) is 0 Å². The summed E-state index contributed by atoms with van der Waals surface area (Å²) in [5, 5.41) is 39.6. The van der Waals surface area contributed by atoms with Gasteiger partial charge in [-0.05, 0) is 66.4 Å². The van der Waals surface area contributed by atoms with Gasteiger partial charge in [0, 0.05) is 5.56 Å². The van der Waals surface area contributed by atoms with E-state index in [0.29, 0.717) is 0 Å². The molecule has 4 N–H and O–H groups in total. The van der Waals surface area contributed by atoms with Gasteiger partial charge in [-0.25, -0.2) is 13.8 Å². The molecule has 0 fully saturated rings. The first-order chi connectivity index (χ1) is 15.4. The molecule has 3 aromatic carbocycles. The maximum Gasteiger partial charge on any atom is 1.00 e. The molecule has 4 rings (SSSR count). The van der Waals surface area contributed by atoms with Crippen LogP contribution in [-0.2, 0) is 19.9 Å². The van der Waals surface area contributed by atoms with Crippen molar-refractivity contribution in [3.8, 4) is 11.5 Å². The number of hydrogen-bond donors (Lipinski definition) is 4. The molecule has 0 saturated heterocycles. The van der Waals surface area contributed by atoms with E-state index in [9.17, 15) is 38.4 Å². The summed E-state index contributed by atoms with van der Waals surface area (Å²) in [6, 6.07) is 10.8. The van der Waals surface area contributed by atoms with Gasteiger partial charge in [0.2, 0.25) is 0 Å². The van der Waals surface area contributed by atoms with E-state index in [-0.39, 0.29) is 121 Å². The van der Waals surface area contributed by atoms with Crippen LogP contribution in [0.3, 0.4) is 0 Å². The molecule has 170 valence electrons. The Morgan fingerprint density at radius 1 is 0.778 bits per heavy atom. The number of fused-ring (bicyclic) bond motifs is 1. The molecule has 0 amide bonds. The van der Waals surface area contributed by atoms with Crippen LogP contribution in [0.15, 0.2) is 53.4 Å². The number of carboxylic acid groups (broad SMARTS) is 2. The van der Waals surface area contributed by atoms with Crippen LogP contribution in [0.1, 0.15) is 48.5 Å². The maximum absolute atomic E-state index is 13.0. The van der Waals surface area contributed by atoms with E-state index in [0.717, 1.165) is 12.1 Å². The number of aromatic carboxylic acids is 2. The summed E-state index contributed by atoms with van der Waals surface area (Å²) in [5.74, 6) is -3.89. The number of benzene rings is 3. The number of aromatic hydroxyl groups is 2. The molecule has 0 spiro atoms. The molecule has 0 aromatic heterocycles. The second-order valence-corrected chi connectivity index (χ2v) is 9.22. The first kappa shape index (κ1) is 33.1. The fourth-order valence-corrected chi connectivity index (χ4v) is 5.52. The third kappa shape index (κ3) is 5.32. The predicted molar refractivity (Wildman–Crippen MR) is 114 cm³/mol. The summed E-state index contributed by atoms with van der Waals surface area (Å²) < 4.78 is 31.7. The third-order valence-electron chi connectivity index (χ3n) is 5.65. The van der Waals surface area contributed by atoms with Crippen molar-refractivity contribution >= 4 is 22.1 Å². The number of carbonyl (C=O) groups is 2. The molecule has 0 unspecified atom stereocenters. The van der Waals surface area contributed by atoms with Gasteiger partial charge in [0.1, 0.15) is 27.5 Å². The first-order valence-corrected chi connectivity index (χ1v) is 11.0. The maximum atomic E-state index is 13.0. The second-order valence-electron chi connectivity index (χ2n) is 7.70. The Labute approximate surface area is 273 Å². The molecule has 36 heavy (non-hydrogen) atoms. The smallest absolute Gasteiger partial charge is 0.507 e. The van der Waals surface area contributed by atoms with E-state index in [4.69, 9.17) is 4.18 Å². The second kappa shape index (κ2) is 11.9. The van der Waals surface area contributed by atoms with Crippen molar-refractivity contribution in [3.63, 3.8) is 0 Å². The molecule has 0 saturated carbocycles. The Morgan fingerprint density at radius 3 is 1.61 bits per heavy atom. The number of aryl methyl sites for hydroxylation is 2. The van der Waals surface area contributed by atoms with Gasteiger partial charge in [-0.1, -0.05) is 18.2 Å². The molecule has 0 radical (unpaired) electrons. The normalized spacial score (nSPS) is 14.4. The molecule has 9 nitrogen and oxygen atoms in total. The van der Waals surface area contributed by atoms with E-state index in [1.807, 2.05) is 0 Å². The van der Waals surface area contributed by atoms with Crippen molar-refractivity contribution in [1.29, 1.82) is 0 Å². The zero-order valence-electron chi connectivity index (χ0n) is 20.4. The summed E-state index contributed by atoms with van der Waals surface area (Å²) in [4.78, 5) is 23.4. The van der Waals surface area contributed by atoms with Gasteiger partial charge < -0.3 is 20.4 Å². The Hall–Kier alpha value is -0.890. The Kier molecular flexibility index (Phi) is 10.9. The fourth-order valence-electron chi connectivity index (χ4n) is 4.10. The van der Waals surface area contributed by atoms with Crippen LogP contribution in [0.5, 0.6) is 11.5 Å². The van der Waals surface area contributed by atoms with E-state index in [2.05, 4.69) is 0 Å². The molecular weight excluding hydrogens is 521 g/mol. The largest absolute Gasteiger partial charge is 1.00 e. The summed E-state index contributed by atoms with van der Waals surface area (Å²) in [6.45, 7) is 2.89. The molecule has 3 aromatic rings. The van der Waals surface area contributed by atoms with Gasteiger partial charge in [0.15, 0.2) is 5.60 Å². The minimum Gasteiger partial charge on any atom is -0.507 e. The van der Waals surface area contributed by atoms with Gasteiger partial charge in [0.25, 0.3) is 10.1 Å². The van der Waals surface area contributed by atoms with Crippen molar-refractivity contribution in [1.82, 2.24) is 0 Å². The van der Waals surface area contributed by atoms with Gasteiger partial charge in [-0.2, -0.15) is 8.42 Å². The fraction of sp³-hybridized carbons (Fsp3) is 0.130. The molecule has 1 aliphatic heterocycles. The Morgan fingerprint density at radius 2 is 1.19 bits per heavy atom. The average molecular weight is 539 g/mol. The van der Waals surface area contributed by atoms with Crippen LogP contribution in [0.4, 0.5) is 0 Å².